The second kappa shape index (κ2) is 7.07. The van der Waals surface area contributed by atoms with E-state index >= 15 is 0 Å². The molecule has 0 aliphatic carbocycles. The molecule has 1 N–H and O–H groups in total. The quantitative estimate of drug-likeness (QED) is 0.857. The number of carbonyl (C=O) groups is 2. The number of amides is 1. The lowest BCUT2D eigenvalue weighted by Gasteiger charge is -2.36. The van der Waals surface area contributed by atoms with Crippen LogP contribution < -0.4 is 0 Å². The third-order valence-electron chi connectivity index (χ3n) is 4.50. The Hall–Kier alpha value is -1.10. The lowest BCUT2D eigenvalue weighted by atomic mass is 9.91. The van der Waals surface area contributed by atoms with Gasteiger partial charge in [-0.1, -0.05) is 0 Å². The number of piperidine rings is 1. The summed E-state index contributed by atoms with van der Waals surface area (Å²) in [5.74, 6) is -0.884. The van der Waals surface area contributed by atoms with E-state index in [4.69, 9.17) is 9.84 Å². The van der Waals surface area contributed by atoms with E-state index in [2.05, 4.69) is 0 Å². The van der Waals surface area contributed by atoms with E-state index in [0.29, 0.717) is 25.8 Å². The van der Waals surface area contributed by atoms with Crippen LogP contribution in [0.4, 0.5) is 0 Å². The lowest BCUT2D eigenvalue weighted by molar-refractivity contribution is -0.147. The van der Waals surface area contributed by atoms with Crippen LogP contribution in [0.3, 0.4) is 0 Å². The number of rotatable bonds is 4. The summed E-state index contributed by atoms with van der Waals surface area (Å²) in [4.78, 5) is 25.1. The van der Waals surface area contributed by atoms with E-state index in [0.717, 1.165) is 25.9 Å². The molecule has 0 aromatic rings. The Kier molecular flexibility index (Phi) is 5.40. The van der Waals surface area contributed by atoms with Crippen molar-refractivity contribution in [3.8, 4) is 0 Å². The van der Waals surface area contributed by atoms with Crippen molar-refractivity contribution in [2.45, 2.75) is 64.0 Å². The van der Waals surface area contributed by atoms with Gasteiger partial charge in [0.05, 0.1) is 12.0 Å². The summed E-state index contributed by atoms with van der Waals surface area (Å²) in [5.41, 5.74) is 0. The van der Waals surface area contributed by atoms with Gasteiger partial charge < -0.3 is 14.7 Å². The van der Waals surface area contributed by atoms with E-state index < -0.39 is 5.97 Å². The first kappa shape index (κ1) is 15.3. The average Bonchev–Trinajstić information content (AvgIpc) is 2.45. The standard InChI is InChI=1S/C15H25NO4/c1-11-10-12(15(18)19)7-8-16(11)14(17)6-5-13-4-2-3-9-20-13/h11-13H,2-10H2,1H3,(H,18,19). The fourth-order valence-corrected chi connectivity index (χ4v) is 3.23. The molecule has 2 saturated heterocycles. The minimum absolute atomic E-state index is 0.0321. The van der Waals surface area contributed by atoms with Crippen molar-refractivity contribution >= 4 is 11.9 Å². The molecule has 5 nitrogen and oxygen atoms in total. The molecule has 2 fully saturated rings. The van der Waals surface area contributed by atoms with Crippen molar-refractivity contribution in [1.29, 1.82) is 0 Å². The minimum atomic E-state index is -0.737. The predicted octanol–water partition coefficient (Wildman–Crippen LogP) is 2.05. The molecule has 2 heterocycles. The number of hydrogen-bond donors (Lipinski definition) is 1. The van der Waals surface area contributed by atoms with Gasteiger partial charge in [0.2, 0.25) is 5.91 Å². The number of nitrogens with zero attached hydrogens (tertiary/aromatic N) is 1. The Labute approximate surface area is 120 Å². The molecule has 5 heteroatoms. The Morgan fingerprint density at radius 1 is 1.30 bits per heavy atom. The lowest BCUT2D eigenvalue weighted by Crippen LogP contribution is -2.46. The number of carboxylic acids is 1. The van der Waals surface area contributed by atoms with Crippen molar-refractivity contribution in [1.82, 2.24) is 4.90 Å². The molecule has 1 amide bonds. The maximum absolute atomic E-state index is 12.3. The zero-order chi connectivity index (χ0) is 14.5. The van der Waals surface area contributed by atoms with Gasteiger partial charge in [0.15, 0.2) is 0 Å². The van der Waals surface area contributed by atoms with E-state index in [1.165, 1.54) is 6.42 Å². The topological polar surface area (TPSA) is 66.8 Å². The summed E-state index contributed by atoms with van der Waals surface area (Å²) in [6.07, 6.45) is 6.08. The van der Waals surface area contributed by atoms with Gasteiger partial charge >= 0.3 is 5.97 Å². The van der Waals surface area contributed by atoms with Crippen LogP contribution in [0, 0.1) is 5.92 Å². The fourth-order valence-electron chi connectivity index (χ4n) is 3.23. The van der Waals surface area contributed by atoms with Crippen LogP contribution in [0.2, 0.25) is 0 Å². The van der Waals surface area contributed by atoms with Gasteiger partial charge in [-0.05, 0) is 45.4 Å². The van der Waals surface area contributed by atoms with E-state index in [1.807, 2.05) is 11.8 Å². The Morgan fingerprint density at radius 2 is 2.10 bits per heavy atom. The molecule has 0 aromatic heterocycles. The number of likely N-dealkylation sites (tertiary alicyclic amines) is 1. The second-order valence-corrected chi connectivity index (χ2v) is 6.02. The molecule has 3 unspecified atom stereocenters. The van der Waals surface area contributed by atoms with Crippen LogP contribution in [0.5, 0.6) is 0 Å². The monoisotopic (exact) mass is 283 g/mol. The maximum atomic E-state index is 12.3. The van der Waals surface area contributed by atoms with Gasteiger partial charge in [-0.2, -0.15) is 0 Å². The molecule has 0 radical (unpaired) electrons. The zero-order valence-corrected chi connectivity index (χ0v) is 12.2. The Morgan fingerprint density at radius 3 is 2.70 bits per heavy atom. The molecular formula is C15H25NO4. The Balaban J connectivity index is 1.76. The highest BCUT2D eigenvalue weighted by Gasteiger charge is 2.32. The summed E-state index contributed by atoms with van der Waals surface area (Å²) in [6, 6.07) is 0.0321. The fraction of sp³-hybridized carbons (Fsp3) is 0.867. The smallest absolute Gasteiger partial charge is 0.306 e. The van der Waals surface area contributed by atoms with E-state index in [1.54, 1.807) is 0 Å². The summed E-state index contributed by atoms with van der Waals surface area (Å²) < 4.78 is 5.64. The van der Waals surface area contributed by atoms with E-state index in [9.17, 15) is 9.59 Å². The number of aliphatic carboxylic acids is 1. The highest BCUT2D eigenvalue weighted by atomic mass is 16.5. The highest BCUT2D eigenvalue weighted by Crippen LogP contribution is 2.24. The summed E-state index contributed by atoms with van der Waals surface area (Å²) in [7, 11) is 0. The van der Waals surface area contributed by atoms with E-state index in [-0.39, 0.29) is 24.0 Å². The summed E-state index contributed by atoms with van der Waals surface area (Å²) in [5, 5.41) is 9.03. The minimum Gasteiger partial charge on any atom is -0.481 e. The van der Waals surface area contributed by atoms with Gasteiger partial charge in [-0.15, -0.1) is 0 Å². The molecule has 20 heavy (non-hydrogen) atoms. The SMILES string of the molecule is CC1CC(C(=O)O)CCN1C(=O)CCC1CCCCO1. The van der Waals surface area contributed by atoms with Gasteiger partial charge in [0.1, 0.15) is 0 Å². The van der Waals surface area contributed by atoms with Crippen LogP contribution >= 0.6 is 0 Å². The molecule has 0 bridgehead atoms. The van der Waals surface area contributed by atoms with Crippen molar-refractivity contribution in [3.63, 3.8) is 0 Å². The van der Waals surface area contributed by atoms with Crippen LogP contribution in [0.1, 0.15) is 51.9 Å². The van der Waals surface area contributed by atoms with Crippen LogP contribution in [-0.2, 0) is 14.3 Å². The van der Waals surface area contributed by atoms with Gasteiger partial charge in [0, 0.05) is 25.6 Å². The first-order chi connectivity index (χ1) is 9.58. The molecule has 2 aliphatic heterocycles. The van der Waals surface area contributed by atoms with Gasteiger partial charge in [-0.25, -0.2) is 0 Å². The largest absolute Gasteiger partial charge is 0.481 e. The number of hydrogen-bond acceptors (Lipinski definition) is 3. The van der Waals surface area contributed by atoms with Crippen molar-refractivity contribution in [2.24, 2.45) is 5.92 Å². The van der Waals surface area contributed by atoms with Crippen molar-refractivity contribution in [3.05, 3.63) is 0 Å². The number of carboxylic acid groups (broad SMARTS) is 1. The average molecular weight is 283 g/mol. The molecule has 0 saturated carbocycles. The number of ether oxygens (including phenoxy) is 1. The van der Waals surface area contributed by atoms with Crippen LogP contribution in [0.25, 0.3) is 0 Å². The third kappa shape index (κ3) is 3.95. The first-order valence-corrected chi connectivity index (χ1v) is 7.72. The molecule has 0 aromatic carbocycles. The van der Waals surface area contributed by atoms with Crippen LogP contribution in [-0.4, -0.2) is 47.2 Å². The number of carbonyl (C=O) groups excluding carboxylic acids is 1. The Bertz CT molecular complexity index is 352. The van der Waals surface area contributed by atoms with Crippen LogP contribution in [0.15, 0.2) is 0 Å². The molecule has 2 rings (SSSR count). The molecule has 2 aliphatic rings. The molecule has 3 atom stereocenters. The predicted molar refractivity (Wildman–Crippen MR) is 74.4 cm³/mol. The molecule has 114 valence electrons. The van der Waals surface area contributed by atoms with Crippen molar-refractivity contribution in [2.75, 3.05) is 13.2 Å². The summed E-state index contributed by atoms with van der Waals surface area (Å²) in [6.45, 7) is 3.34. The first-order valence-electron chi connectivity index (χ1n) is 7.72. The van der Waals surface area contributed by atoms with Crippen molar-refractivity contribution < 1.29 is 19.4 Å². The second-order valence-electron chi connectivity index (χ2n) is 6.02. The molecular weight excluding hydrogens is 258 g/mol. The highest BCUT2D eigenvalue weighted by molar-refractivity contribution is 5.77. The zero-order valence-electron chi connectivity index (χ0n) is 12.2. The molecule has 0 spiro atoms. The normalized spacial score (nSPS) is 31.1. The summed E-state index contributed by atoms with van der Waals surface area (Å²) >= 11 is 0. The maximum Gasteiger partial charge on any atom is 0.306 e. The van der Waals surface area contributed by atoms with Gasteiger partial charge in [0.25, 0.3) is 0 Å². The van der Waals surface area contributed by atoms with Gasteiger partial charge in [-0.3, -0.25) is 9.59 Å². The third-order valence-corrected chi connectivity index (χ3v) is 4.50.